The lowest BCUT2D eigenvalue weighted by Gasteiger charge is -2.32. The lowest BCUT2D eigenvalue weighted by molar-refractivity contribution is -0.915. The van der Waals surface area contributed by atoms with Crippen molar-refractivity contribution in [1.82, 2.24) is 0 Å². The van der Waals surface area contributed by atoms with Crippen molar-refractivity contribution >= 4 is 11.6 Å². The SMILES string of the molecule is Cc1c(Cl)ccc(OCCC[NH+]2C[C@H](C)O[C@@H](C)C2)c1C. The van der Waals surface area contributed by atoms with Crippen molar-refractivity contribution in [3.63, 3.8) is 0 Å². The van der Waals surface area contributed by atoms with Crippen molar-refractivity contribution in [2.75, 3.05) is 26.2 Å². The second kappa shape index (κ2) is 7.48. The number of nitrogens with one attached hydrogen (secondary N) is 1. The Labute approximate surface area is 133 Å². The Hall–Kier alpha value is -0.770. The molecule has 1 aromatic carbocycles. The van der Waals surface area contributed by atoms with Crippen molar-refractivity contribution in [2.45, 2.75) is 46.3 Å². The van der Waals surface area contributed by atoms with Crippen LogP contribution in [0.2, 0.25) is 5.02 Å². The van der Waals surface area contributed by atoms with Crippen LogP contribution in [-0.2, 0) is 4.74 Å². The van der Waals surface area contributed by atoms with Crippen molar-refractivity contribution < 1.29 is 14.4 Å². The molecule has 1 N–H and O–H groups in total. The van der Waals surface area contributed by atoms with Crippen molar-refractivity contribution in [1.29, 1.82) is 0 Å². The zero-order chi connectivity index (χ0) is 15.4. The number of hydrogen-bond acceptors (Lipinski definition) is 2. The Morgan fingerprint density at radius 2 is 1.86 bits per heavy atom. The third-order valence-electron chi connectivity index (χ3n) is 4.22. The van der Waals surface area contributed by atoms with Crippen LogP contribution in [0.3, 0.4) is 0 Å². The highest BCUT2D eigenvalue weighted by molar-refractivity contribution is 6.31. The molecule has 21 heavy (non-hydrogen) atoms. The van der Waals surface area contributed by atoms with E-state index >= 15 is 0 Å². The molecule has 1 saturated heterocycles. The van der Waals surface area contributed by atoms with E-state index < -0.39 is 0 Å². The number of morpholine rings is 1. The first-order chi connectivity index (χ1) is 9.97. The van der Waals surface area contributed by atoms with E-state index in [0.29, 0.717) is 12.2 Å². The monoisotopic (exact) mass is 312 g/mol. The molecule has 1 fully saturated rings. The molecule has 1 heterocycles. The summed E-state index contributed by atoms with van der Waals surface area (Å²) in [7, 11) is 0. The molecule has 1 aliphatic rings. The average molecular weight is 313 g/mol. The largest absolute Gasteiger partial charge is 0.493 e. The summed E-state index contributed by atoms with van der Waals surface area (Å²) in [5, 5.41) is 0.806. The van der Waals surface area contributed by atoms with Gasteiger partial charge >= 0.3 is 0 Å². The van der Waals surface area contributed by atoms with Crippen molar-refractivity contribution in [2.24, 2.45) is 0 Å². The molecular formula is C17H27ClNO2+. The predicted octanol–water partition coefficient (Wildman–Crippen LogP) is 2.42. The Balaban J connectivity index is 1.76. The van der Waals surface area contributed by atoms with Crippen molar-refractivity contribution in [3.05, 3.63) is 28.3 Å². The van der Waals surface area contributed by atoms with E-state index in [1.165, 1.54) is 0 Å². The van der Waals surface area contributed by atoms with Crippen LogP contribution in [0.25, 0.3) is 0 Å². The minimum Gasteiger partial charge on any atom is -0.493 e. The lowest BCUT2D eigenvalue weighted by Crippen LogP contribution is -3.15. The molecule has 0 radical (unpaired) electrons. The molecule has 0 spiro atoms. The fourth-order valence-electron chi connectivity index (χ4n) is 3.02. The van der Waals surface area contributed by atoms with Gasteiger partial charge in [-0.05, 0) is 51.0 Å². The van der Waals surface area contributed by atoms with E-state index in [1.807, 2.05) is 19.1 Å². The normalized spacial score (nSPS) is 25.9. The maximum absolute atomic E-state index is 6.11. The lowest BCUT2D eigenvalue weighted by atomic mass is 10.1. The molecule has 3 nitrogen and oxygen atoms in total. The fourth-order valence-corrected chi connectivity index (χ4v) is 3.22. The van der Waals surface area contributed by atoms with Gasteiger partial charge in [-0.1, -0.05) is 11.6 Å². The maximum Gasteiger partial charge on any atom is 0.122 e. The highest BCUT2D eigenvalue weighted by Crippen LogP contribution is 2.27. The number of halogens is 1. The second-order valence-corrected chi connectivity index (χ2v) is 6.57. The summed E-state index contributed by atoms with van der Waals surface area (Å²) in [6.07, 6.45) is 1.80. The molecule has 4 heteroatoms. The first-order valence-electron chi connectivity index (χ1n) is 7.85. The van der Waals surface area contributed by atoms with Gasteiger partial charge in [0.25, 0.3) is 0 Å². The molecule has 0 aliphatic carbocycles. The van der Waals surface area contributed by atoms with Gasteiger partial charge in [0.1, 0.15) is 31.0 Å². The third-order valence-corrected chi connectivity index (χ3v) is 4.63. The summed E-state index contributed by atoms with van der Waals surface area (Å²) >= 11 is 6.11. The molecule has 1 aliphatic heterocycles. The van der Waals surface area contributed by atoms with Crippen molar-refractivity contribution in [3.8, 4) is 5.75 Å². The number of ether oxygens (including phenoxy) is 2. The summed E-state index contributed by atoms with van der Waals surface area (Å²) in [6, 6.07) is 3.88. The average Bonchev–Trinajstić information content (AvgIpc) is 2.42. The minimum absolute atomic E-state index is 0.367. The van der Waals surface area contributed by atoms with Crippen LogP contribution < -0.4 is 9.64 Å². The van der Waals surface area contributed by atoms with E-state index in [2.05, 4.69) is 20.8 Å². The van der Waals surface area contributed by atoms with E-state index in [4.69, 9.17) is 21.1 Å². The number of benzene rings is 1. The Morgan fingerprint density at radius 1 is 1.19 bits per heavy atom. The molecule has 0 amide bonds. The predicted molar refractivity (Wildman–Crippen MR) is 86.6 cm³/mol. The quantitative estimate of drug-likeness (QED) is 0.844. The molecule has 0 aromatic heterocycles. The molecule has 2 atom stereocenters. The van der Waals surface area contributed by atoms with Crippen LogP contribution in [0.15, 0.2) is 12.1 Å². The zero-order valence-corrected chi connectivity index (χ0v) is 14.3. The minimum atomic E-state index is 0.367. The highest BCUT2D eigenvalue weighted by Gasteiger charge is 2.24. The van der Waals surface area contributed by atoms with Crippen LogP contribution in [0.4, 0.5) is 0 Å². The highest BCUT2D eigenvalue weighted by atomic mass is 35.5. The van der Waals surface area contributed by atoms with Gasteiger partial charge in [-0.15, -0.1) is 0 Å². The first kappa shape index (κ1) is 16.6. The second-order valence-electron chi connectivity index (χ2n) is 6.16. The van der Waals surface area contributed by atoms with E-state index in [1.54, 1.807) is 4.90 Å². The van der Waals surface area contributed by atoms with Crippen LogP contribution in [0.5, 0.6) is 5.75 Å². The summed E-state index contributed by atoms with van der Waals surface area (Å²) in [4.78, 5) is 1.62. The van der Waals surface area contributed by atoms with E-state index in [0.717, 1.165) is 54.6 Å². The van der Waals surface area contributed by atoms with E-state index in [-0.39, 0.29) is 0 Å². The Bertz CT molecular complexity index is 468. The summed E-state index contributed by atoms with van der Waals surface area (Å²) < 4.78 is 11.7. The van der Waals surface area contributed by atoms with Crippen LogP contribution in [0.1, 0.15) is 31.4 Å². The molecule has 1 aromatic rings. The first-order valence-corrected chi connectivity index (χ1v) is 8.22. The molecule has 0 saturated carbocycles. The van der Waals surface area contributed by atoms with Gasteiger partial charge in [0.05, 0.1) is 13.2 Å². The van der Waals surface area contributed by atoms with Gasteiger partial charge in [0.15, 0.2) is 0 Å². The third kappa shape index (κ3) is 4.60. The molecule has 0 unspecified atom stereocenters. The van der Waals surface area contributed by atoms with Crippen LogP contribution in [0, 0.1) is 13.8 Å². The van der Waals surface area contributed by atoms with Crippen LogP contribution in [-0.4, -0.2) is 38.4 Å². The molecule has 0 bridgehead atoms. The Kier molecular flexibility index (Phi) is 5.91. The summed E-state index contributed by atoms with van der Waals surface area (Å²) in [5.74, 6) is 0.954. The number of hydrogen-bond donors (Lipinski definition) is 1. The van der Waals surface area contributed by atoms with E-state index in [9.17, 15) is 0 Å². The van der Waals surface area contributed by atoms with Gasteiger partial charge in [-0.25, -0.2) is 0 Å². The summed E-state index contributed by atoms with van der Waals surface area (Å²) in [6.45, 7) is 12.5. The zero-order valence-electron chi connectivity index (χ0n) is 13.5. The summed E-state index contributed by atoms with van der Waals surface area (Å²) in [5.41, 5.74) is 2.25. The molecular weight excluding hydrogens is 286 g/mol. The van der Waals surface area contributed by atoms with Gasteiger partial charge < -0.3 is 14.4 Å². The topological polar surface area (TPSA) is 22.9 Å². The van der Waals surface area contributed by atoms with Gasteiger partial charge in [0.2, 0.25) is 0 Å². The molecule has 118 valence electrons. The van der Waals surface area contributed by atoms with Gasteiger partial charge in [0, 0.05) is 11.4 Å². The maximum atomic E-state index is 6.11. The van der Waals surface area contributed by atoms with Gasteiger partial charge in [-0.2, -0.15) is 0 Å². The standard InChI is InChI=1S/C17H26ClNO2/c1-12-10-19(11-13(2)21-12)8-5-9-20-17-7-6-16(18)14(3)15(17)4/h6-7,12-13H,5,8-11H2,1-4H3/p+1/t12-,13-/m0/s1. The fraction of sp³-hybridized carbons (Fsp3) is 0.647. The van der Waals surface area contributed by atoms with Gasteiger partial charge in [-0.3, -0.25) is 0 Å². The smallest absolute Gasteiger partial charge is 0.122 e. The Morgan fingerprint density at radius 3 is 2.52 bits per heavy atom. The number of quaternary nitrogens is 1. The van der Waals surface area contributed by atoms with Crippen LogP contribution >= 0.6 is 11.6 Å². The molecule has 2 rings (SSSR count). The number of rotatable bonds is 5.